The van der Waals surface area contributed by atoms with Crippen LogP contribution in [0.15, 0.2) is 65.6 Å². The summed E-state index contributed by atoms with van der Waals surface area (Å²) in [5.41, 5.74) is 2.20. The maximum Gasteiger partial charge on any atom is 0.270 e. The molecule has 162 valence electrons. The number of anilines is 1. The first-order chi connectivity index (χ1) is 15.3. The zero-order chi connectivity index (χ0) is 22.8. The molecule has 1 amide bonds. The summed E-state index contributed by atoms with van der Waals surface area (Å²) in [6.45, 7) is 0.214. The van der Waals surface area contributed by atoms with E-state index >= 15 is 0 Å². The molecule has 1 aliphatic rings. The van der Waals surface area contributed by atoms with Crippen LogP contribution in [0.1, 0.15) is 11.1 Å². The summed E-state index contributed by atoms with van der Waals surface area (Å²) in [6, 6.07) is 17.9. The molecule has 0 bridgehead atoms. The van der Waals surface area contributed by atoms with E-state index in [1.165, 1.54) is 16.7 Å². The molecule has 32 heavy (non-hydrogen) atoms. The molecule has 0 atom stereocenters. The molecule has 3 nitrogen and oxygen atoms in total. The molecular formula is C23H13Cl4NO2S2. The maximum absolute atomic E-state index is 12.9. The third kappa shape index (κ3) is 5.09. The Hall–Kier alpha value is -1.73. The van der Waals surface area contributed by atoms with Gasteiger partial charge in [-0.3, -0.25) is 9.69 Å². The lowest BCUT2D eigenvalue weighted by Crippen LogP contribution is -2.27. The van der Waals surface area contributed by atoms with Crippen molar-refractivity contribution in [3.05, 3.63) is 96.8 Å². The van der Waals surface area contributed by atoms with Crippen molar-refractivity contribution in [1.82, 2.24) is 0 Å². The summed E-state index contributed by atoms with van der Waals surface area (Å²) >= 11 is 31.4. The number of thioether (sulfide) groups is 1. The average Bonchev–Trinajstić information content (AvgIpc) is 3.03. The summed E-state index contributed by atoms with van der Waals surface area (Å²) in [4.78, 5) is 14.9. The SMILES string of the molecule is O=C1/C(=C\c2cc(Cl)c(OCc3ccc(Cl)c(Cl)c3)c(Cl)c2)SC(=S)N1c1ccccc1. The Bertz CT molecular complexity index is 1220. The second kappa shape index (κ2) is 10.0. The molecule has 1 saturated heterocycles. The first-order valence-corrected chi connectivity index (χ1v) is 12.0. The second-order valence-electron chi connectivity index (χ2n) is 6.70. The molecule has 0 aromatic heterocycles. The maximum atomic E-state index is 12.9. The molecule has 0 aliphatic carbocycles. The van der Waals surface area contributed by atoms with Gasteiger partial charge in [-0.1, -0.05) is 94.6 Å². The Morgan fingerprint density at radius 2 is 1.59 bits per heavy atom. The number of thiocarbonyl (C=S) groups is 1. The Balaban J connectivity index is 1.54. The summed E-state index contributed by atoms with van der Waals surface area (Å²) in [5.74, 6) is 0.145. The summed E-state index contributed by atoms with van der Waals surface area (Å²) in [7, 11) is 0. The predicted octanol–water partition coefficient (Wildman–Crippen LogP) is 8.29. The molecule has 4 rings (SSSR count). The van der Waals surface area contributed by atoms with Crippen LogP contribution in [0.3, 0.4) is 0 Å². The molecule has 0 saturated carbocycles. The van der Waals surface area contributed by atoms with Gasteiger partial charge >= 0.3 is 0 Å². The van der Waals surface area contributed by atoms with Gasteiger partial charge in [-0.05, 0) is 53.6 Å². The van der Waals surface area contributed by atoms with Crippen LogP contribution in [-0.4, -0.2) is 10.2 Å². The van der Waals surface area contributed by atoms with E-state index in [1.54, 1.807) is 36.4 Å². The highest BCUT2D eigenvalue weighted by molar-refractivity contribution is 8.27. The zero-order valence-electron chi connectivity index (χ0n) is 16.2. The Labute approximate surface area is 214 Å². The van der Waals surface area contributed by atoms with Crippen LogP contribution in [0, 0.1) is 0 Å². The Kier molecular flexibility index (Phi) is 7.35. The van der Waals surface area contributed by atoms with Gasteiger partial charge in [0.1, 0.15) is 6.61 Å². The van der Waals surface area contributed by atoms with Gasteiger partial charge < -0.3 is 4.74 Å². The van der Waals surface area contributed by atoms with Crippen molar-refractivity contribution in [1.29, 1.82) is 0 Å². The van der Waals surface area contributed by atoms with E-state index in [0.717, 1.165) is 11.3 Å². The van der Waals surface area contributed by atoms with Gasteiger partial charge in [-0.2, -0.15) is 0 Å². The molecule has 1 aliphatic heterocycles. The third-order valence-electron chi connectivity index (χ3n) is 4.49. The summed E-state index contributed by atoms with van der Waals surface area (Å²) in [6.07, 6.45) is 1.71. The van der Waals surface area contributed by atoms with Gasteiger partial charge in [-0.25, -0.2) is 0 Å². The first-order valence-electron chi connectivity index (χ1n) is 9.22. The lowest BCUT2D eigenvalue weighted by atomic mass is 10.2. The van der Waals surface area contributed by atoms with Crippen molar-refractivity contribution in [2.75, 3.05) is 4.90 Å². The van der Waals surface area contributed by atoms with E-state index in [9.17, 15) is 4.79 Å². The van der Waals surface area contributed by atoms with E-state index in [-0.39, 0.29) is 12.5 Å². The molecule has 3 aromatic rings. The highest BCUT2D eigenvalue weighted by Gasteiger charge is 2.33. The number of halogens is 4. The van der Waals surface area contributed by atoms with Crippen LogP contribution in [0.5, 0.6) is 5.75 Å². The monoisotopic (exact) mass is 539 g/mol. The number of hydrogen-bond donors (Lipinski definition) is 0. The van der Waals surface area contributed by atoms with Gasteiger partial charge in [0.2, 0.25) is 0 Å². The number of rotatable bonds is 5. The zero-order valence-corrected chi connectivity index (χ0v) is 20.8. The molecule has 0 radical (unpaired) electrons. The van der Waals surface area contributed by atoms with Gasteiger partial charge in [0.05, 0.1) is 30.7 Å². The number of hydrogen-bond acceptors (Lipinski definition) is 4. The van der Waals surface area contributed by atoms with E-state index in [0.29, 0.717) is 40.6 Å². The molecule has 1 fully saturated rings. The van der Waals surface area contributed by atoms with Crippen molar-refractivity contribution < 1.29 is 9.53 Å². The van der Waals surface area contributed by atoms with E-state index in [1.807, 2.05) is 30.3 Å². The highest BCUT2D eigenvalue weighted by atomic mass is 35.5. The lowest BCUT2D eigenvalue weighted by Gasteiger charge is -2.14. The van der Waals surface area contributed by atoms with Crippen LogP contribution >= 0.6 is 70.4 Å². The Morgan fingerprint density at radius 1 is 0.906 bits per heavy atom. The number of carbonyl (C=O) groups excluding carboxylic acids is 1. The van der Waals surface area contributed by atoms with Gasteiger partial charge in [0.15, 0.2) is 10.1 Å². The van der Waals surface area contributed by atoms with Gasteiger partial charge in [0, 0.05) is 0 Å². The first kappa shape index (κ1) is 23.4. The minimum absolute atomic E-state index is 0.196. The fraction of sp³-hybridized carbons (Fsp3) is 0.0435. The number of amides is 1. The van der Waals surface area contributed by atoms with Crippen LogP contribution in [0.25, 0.3) is 6.08 Å². The topological polar surface area (TPSA) is 29.5 Å². The smallest absolute Gasteiger partial charge is 0.270 e. The predicted molar refractivity (Wildman–Crippen MR) is 139 cm³/mol. The Morgan fingerprint density at radius 3 is 2.25 bits per heavy atom. The third-order valence-corrected chi connectivity index (χ3v) is 7.10. The molecular weight excluding hydrogens is 528 g/mol. The number of benzene rings is 3. The van der Waals surface area contributed by atoms with Crippen molar-refractivity contribution in [3.63, 3.8) is 0 Å². The normalized spacial score (nSPS) is 15.0. The quantitative estimate of drug-likeness (QED) is 0.240. The molecule has 1 heterocycles. The fourth-order valence-corrected chi connectivity index (χ4v) is 5.24. The fourth-order valence-electron chi connectivity index (χ4n) is 3.00. The summed E-state index contributed by atoms with van der Waals surface area (Å²) in [5, 5.41) is 1.55. The van der Waals surface area contributed by atoms with E-state index < -0.39 is 0 Å². The molecule has 0 spiro atoms. The molecule has 3 aromatic carbocycles. The minimum atomic E-state index is -0.196. The number of nitrogens with zero attached hydrogens (tertiary/aromatic N) is 1. The lowest BCUT2D eigenvalue weighted by molar-refractivity contribution is -0.113. The number of carbonyl (C=O) groups is 1. The summed E-state index contributed by atoms with van der Waals surface area (Å²) < 4.78 is 6.26. The van der Waals surface area contributed by atoms with Crippen molar-refractivity contribution in [3.8, 4) is 5.75 Å². The largest absolute Gasteiger partial charge is 0.486 e. The standard InChI is InChI=1S/C23H13Cl4NO2S2/c24-16-7-6-13(8-17(16)25)12-30-21-18(26)9-14(10-19(21)27)11-20-22(29)28(23(31)32-20)15-4-2-1-3-5-15/h1-11H,12H2/b20-11+. The van der Waals surface area contributed by atoms with Gasteiger partial charge in [0.25, 0.3) is 5.91 Å². The van der Waals surface area contributed by atoms with Crippen molar-refractivity contribution in [2.24, 2.45) is 0 Å². The molecule has 0 unspecified atom stereocenters. The van der Waals surface area contributed by atoms with E-state index in [4.69, 9.17) is 63.4 Å². The number of para-hydroxylation sites is 1. The number of ether oxygens (including phenoxy) is 1. The van der Waals surface area contributed by atoms with Gasteiger partial charge in [-0.15, -0.1) is 0 Å². The van der Waals surface area contributed by atoms with Crippen LogP contribution in [0.2, 0.25) is 20.1 Å². The molecule has 0 N–H and O–H groups in total. The second-order valence-corrected chi connectivity index (χ2v) is 10.0. The van der Waals surface area contributed by atoms with Crippen molar-refractivity contribution >= 4 is 92.4 Å². The van der Waals surface area contributed by atoms with Crippen LogP contribution in [-0.2, 0) is 11.4 Å². The van der Waals surface area contributed by atoms with Crippen molar-refractivity contribution in [2.45, 2.75) is 6.61 Å². The minimum Gasteiger partial charge on any atom is -0.486 e. The van der Waals surface area contributed by atoms with Crippen LogP contribution < -0.4 is 9.64 Å². The average molecular weight is 541 g/mol. The van der Waals surface area contributed by atoms with E-state index in [2.05, 4.69) is 0 Å². The van der Waals surface area contributed by atoms with Crippen LogP contribution in [0.4, 0.5) is 5.69 Å². The molecule has 9 heteroatoms. The highest BCUT2D eigenvalue weighted by Crippen LogP contribution is 2.39.